The average molecular weight is 466 g/mol. The van der Waals surface area contributed by atoms with Crippen molar-refractivity contribution in [3.63, 3.8) is 0 Å². The normalized spacial score (nSPS) is 10.6. The first-order valence-electron chi connectivity index (χ1n) is 13.5. The fraction of sp³-hybridized carbons (Fsp3) is 0.548. The lowest BCUT2D eigenvalue weighted by molar-refractivity contribution is 0.0817. The second kappa shape index (κ2) is 20.1. The molecular formula is C31H47NO2. The Morgan fingerprint density at radius 2 is 0.853 bits per heavy atom. The van der Waals surface area contributed by atoms with E-state index < -0.39 is 11.6 Å². The van der Waals surface area contributed by atoms with Crippen LogP contribution in [0.3, 0.4) is 0 Å². The molecule has 0 aliphatic heterocycles. The van der Waals surface area contributed by atoms with Gasteiger partial charge in [0.05, 0.1) is 0 Å². The van der Waals surface area contributed by atoms with Crippen molar-refractivity contribution in [2.45, 2.75) is 90.9 Å². The third kappa shape index (κ3) is 14.1. The van der Waals surface area contributed by atoms with Crippen molar-refractivity contribution >= 4 is 11.6 Å². The molecule has 0 radical (unpaired) electrons. The average Bonchev–Trinajstić information content (AvgIpc) is 2.88. The molecule has 0 fully saturated rings. The van der Waals surface area contributed by atoms with Crippen LogP contribution in [-0.2, 0) is 0 Å². The Kier molecular flexibility index (Phi) is 17.6. The molecule has 0 aliphatic rings. The lowest BCUT2D eigenvalue weighted by Crippen LogP contribution is -2.20. The molecule has 2 rings (SSSR count). The third-order valence-electron chi connectivity index (χ3n) is 6.06. The number of benzene rings is 2. The molecule has 0 heterocycles. The van der Waals surface area contributed by atoms with Gasteiger partial charge in [0.1, 0.15) is 0 Å². The predicted molar refractivity (Wildman–Crippen MR) is 146 cm³/mol. The number of hydrogen-bond donors (Lipinski definition) is 0. The van der Waals surface area contributed by atoms with Gasteiger partial charge in [-0.3, -0.25) is 9.59 Å². The molecule has 0 N–H and O–H groups in total. The SMILES string of the molecule is CCCCCCCCCCN(C)CCCCCC.O=C(C(=O)c1ccccc1)c1ccccc1. The summed E-state index contributed by atoms with van der Waals surface area (Å²) in [6, 6.07) is 17.2. The molecule has 188 valence electrons. The first-order valence-corrected chi connectivity index (χ1v) is 13.5. The zero-order valence-corrected chi connectivity index (χ0v) is 21.9. The Balaban J connectivity index is 0.000000341. The molecular weight excluding hydrogens is 418 g/mol. The Morgan fingerprint density at radius 1 is 0.529 bits per heavy atom. The number of unbranched alkanes of at least 4 members (excludes halogenated alkanes) is 10. The fourth-order valence-electron chi connectivity index (χ4n) is 3.88. The van der Waals surface area contributed by atoms with E-state index in [1.165, 1.54) is 90.1 Å². The van der Waals surface area contributed by atoms with Crippen LogP contribution >= 0.6 is 0 Å². The lowest BCUT2D eigenvalue weighted by atomic mass is 10.0. The largest absolute Gasteiger partial charge is 0.306 e. The highest BCUT2D eigenvalue weighted by Gasteiger charge is 2.17. The minimum atomic E-state index is -0.466. The van der Waals surface area contributed by atoms with Crippen LogP contribution in [0.1, 0.15) is 112 Å². The molecule has 2 aromatic carbocycles. The summed E-state index contributed by atoms with van der Waals surface area (Å²) in [6.45, 7) is 7.18. The van der Waals surface area contributed by atoms with Gasteiger partial charge in [0, 0.05) is 11.1 Å². The summed E-state index contributed by atoms with van der Waals surface area (Å²) in [5.41, 5.74) is 0.854. The van der Waals surface area contributed by atoms with Crippen molar-refractivity contribution in [2.75, 3.05) is 20.1 Å². The van der Waals surface area contributed by atoms with Crippen LogP contribution in [0.4, 0.5) is 0 Å². The minimum absolute atomic E-state index is 0.427. The summed E-state index contributed by atoms with van der Waals surface area (Å²) in [6.07, 6.45) is 17.0. The smallest absolute Gasteiger partial charge is 0.233 e. The van der Waals surface area contributed by atoms with Gasteiger partial charge >= 0.3 is 0 Å². The van der Waals surface area contributed by atoms with Crippen LogP contribution in [0.5, 0.6) is 0 Å². The summed E-state index contributed by atoms with van der Waals surface area (Å²) in [5, 5.41) is 0. The van der Waals surface area contributed by atoms with Gasteiger partial charge in [-0.2, -0.15) is 0 Å². The second-order valence-corrected chi connectivity index (χ2v) is 9.23. The van der Waals surface area contributed by atoms with Crippen LogP contribution < -0.4 is 0 Å². The number of nitrogens with zero attached hydrogens (tertiary/aromatic N) is 1. The molecule has 0 spiro atoms. The van der Waals surface area contributed by atoms with Crippen LogP contribution in [0.15, 0.2) is 60.7 Å². The number of Topliss-reactive ketones (excluding diaryl/α,β-unsaturated/α-hetero) is 2. The standard InChI is InChI=1S/C17H37N.C14H10O2/c1-4-6-8-10-11-12-13-15-17-18(3)16-14-9-7-5-2;15-13(11-7-3-1-4-8-11)14(16)12-9-5-2-6-10-12/h4-17H2,1-3H3;1-10H. The lowest BCUT2D eigenvalue weighted by Gasteiger charge is -2.16. The maximum absolute atomic E-state index is 11.8. The van der Waals surface area contributed by atoms with Crippen molar-refractivity contribution in [1.82, 2.24) is 4.90 Å². The van der Waals surface area contributed by atoms with E-state index in [-0.39, 0.29) is 0 Å². The van der Waals surface area contributed by atoms with E-state index in [0.717, 1.165) is 0 Å². The first-order chi connectivity index (χ1) is 16.6. The van der Waals surface area contributed by atoms with Gasteiger partial charge in [-0.15, -0.1) is 0 Å². The Morgan fingerprint density at radius 3 is 1.24 bits per heavy atom. The van der Waals surface area contributed by atoms with E-state index in [4.69, 9.17) is 0 Å². The van der Waals surface area contributed by atoms with Crippen molar-refractivity contribution in [3.05, 3.63) is 71.8 Å². The molecule has 3 heteroatoms. The van der Waals surface area contributed by atoms with Crippen LogP contribution in [0.2, 0.25) is 0 Å². The zero-order valence-electron chi connectivity index (χ0n) is 21.9. The van der Waals surface area contributed by atoms with Crippen molar-refractivity contribution < 1.29 is 9.59 Å². The van der Waals surface area contributed by atoms with Crippen molar-refractivity contribution in [3.8, 4) is 0 Å². The number of hydrogen-bond acceptors (Lipinski definition) is 3. The highest BCUT2D eigenvalue weighted by Crippen LogP contribution is 2.09. The quantitative estimate of drug-likeness (QED) is 0.134. The third-order valence-corrected chi connectivity index (χ3v) is 6.06. The van der Waals surface area contributed by atoms with E-state index in [9.17, 15) is 9.59 Å². The molecule has 34 heavy (non-hydrogen) atoms. The number of carbonyl (C=O) groups is 2. The molecule has 0 saturated heterocycles. The monoisotopic (exact) mass is 465 g/mol. The highest BCUT2D eigenvalue weighted by molar-refractivity contribution is 6.49. The molecule has 0 amide bonds. The molecule has 0 aromatic heterocycles. The van der Waals surface area contributed by atoms with Gasteiger partial charge in [-0.05, 0) is 33.0 Å². The van der Waals surface area contributed by atoms with E-state index in [0.29, 0.717) is 11.1 Å². The van der Waals surface area contributed by atoms with Crippen molar-refractivity contribution in [2.24, 2.45) is 0 Å². The Hall–Kier alpha value is -2.26. The van der Waals surface area contributed by atoms with Gasteiger partial charge in [-0.25, -0.2) is 0 Å². The minimum Gasteiger partial charge on any atom is -0.306 e. The Labute approximate surface area is 209 Å². The molecule has 3 nitrogen and oxygen atoms in total. The Bertz CT molecular complexity index is 708. The van der Waals surface area contributed by atoms with E-state index in [2.05, 4.69) is 25.8 Å². The van der Waals surface area contributed by atoms with Crippen LogP contribution in [0, 0.1) is 0 Å². The molecule has 0 aliphatic carbocycles. The summed E-state index contributed by atoms with van der Waals surface area (Å²) < 4.78 is 0. The maximum atomic E-state index is 11.8. The number of ketones is 2. The molecule has 0 atom stereocenters. The van der Waals surface area contributed by atoms with Gasteiger partial charge in [0.25, 0.3) is 0 Å². The first kappa shape index (κ1) is 29.8. The summed E-state index contributed by atoms with van der Waals surface area (Å²) in [5.74, 6) is -0.932. The molecule has 0 unspecified atom stereocenters. The summed E-state index contributed by atoms with van der Waals surface area (Å²) in [7, 11) is 2.28. The molecule has 2 aromatic rings. The second-order valence-electron chi connectivity index (χ2n) is 9.23. The fourth-order valence-corrected chi connectivity index (χ4v) is 3.88. The van der Waals surface area contributed by atoms with Gasteiger partial charge in [0.15, 0.2) is 0 Å². The highest BCUT2D eigenvalue weighted by atomic mass is 16.2. The van der Waals surface area contributed by atoms with Crippen LogP contribution in [-0.4, -0.2) is 36.6 Å². The van der Waals surface area contributed by atoms with E-state index >= 15 is 0 Å². The van der Waals surface area contributed by atoms with Crippen molar-refractivity contribution in [1.29, 1.82) is 0 Å². The van der Waals surface area contributed by atoms with Gasteiger partial charge in [-0.1, -0.05) is 139 Å². The summed E-state index contributed by atoms with van der Waals surface area (Å²) >= 11 is 0. The topological polar surface area (TPSA) is 37.4 Å². The molecule has 0 bridgehead atoms. The number of carbonyl (C=O) groups excluding carboxylic acids is 2. The van der Waals surface area contributed by atoms with Gasteiger partial charge < -0.3 is 4.90 Å². The molecule has 0 saturated carbocycles. The predicted octanol–water partition coefficient (Wildman–Crippen LogP) is 8.39. The maximum Gasteiger partial charge on any atom is 0.233 e. The van der Waals surface area contributed by atoms with Crippen LogP contribution in [0.25, 0.3) is 0 Å². The number of rotatable bonds is 17. The zero-order chi connectivity index (χ0) is 24.9. The van der Waals surface area contributed by atoms with Gasteiger partial charge in [0.2, 0.25) is 11.6 Å². The summed E-state index contributed by atoms with van der Waals surface area (Å²) in [4.78, 5) is 26.1. The van der Waals surface area contributed by atoms with E-state index in [1.807, 2.05) is 12.1 Å². The van der Waals surface area contributed by atoms with E-state index in [1.54, 1.807) is 48.5 Å².